The summed E-state index contributed by atoms with van der Waals surface area (Å²) in [6.07, 6.45) is 6.93. The van der Waals surface area contributed by atoms with Gasteiger partial charge in [0.1, 0.15) is 0 Å². The molecule has 15 rings (SSSR count). The topological polar surface area (TPSA) is 37.8 Å². The second-order valence-electron chi connectivity index (χ2n) is 16.7. The number of hydrogen-bond acceptors (Lipinski definition) is 5. The average molecular weight is 684 g/mol. The van der Waals surface area contributed by atoms with Crippen molar-refractivity contribution < 1.29 is 9.47 Å². The molecule has 5 nitrogen and oxygen atoms in total. The van der Waals surface area contributed by atoms with Crippen LogP contribution in [-0.4, -0.2) is 11.7 Å². The number of hydrogen-bond donors (Lipinski definition) is 0. The number of fused-ring (bicyclic) bond motifs is 12. The molecule has 252 valence electrons. The number of anilines is 6. The van der Waals surface area contributed by atoms with Crippen LogP contribution in [0.1, 0.15) is 43.7 Å². The molecule has 7 aromatic rings. The zero-order valence-electron chi connectivity index (χ0n) is 29.1. The molecule has 1 aromatic heterocycles. The molecule has 0 spiro atoms. The van der Waals surface area contributed by atoms with Crippen molar-refractivity contribution in [2.24, 2.45) is 23.7 Å². The summed E-state index contributed by atoms with van der Waals surface area (Å²) in [7, 11) is 0. The number of nitrogens with zero attached hydrogens (tertiary/aromatic N) is 3. The number of rotatable bonds is 1. The normalized spacial score (nSPS) is 24.2. The van der Waals surface area contributed by atoms with Crippen LogP contribution in [0, 0.1) is 23.7 Å². The smallest absolute Gasteiger partial charge is 0.252 e. The molecule has 4 aliphatic carbocycles. The van der Waals surface area contributed by atoms with Crippen molar-refractivity contribution >= 4 is 78.9 Å². The number of pyridine rings is 1. The van der Waals surface area contributed by atoms with Crippen molar-refractivity contribution in [3.63, 3.8) is 0 Å². The Balaban J connectivity index is 1.16. The molecule has 4 fully saturated rings. The van der Waals surface area contributed by atoms with Gasteiger partial charge in [0.15, 0.2) is 23.0 Å². The fraction of sp³-hybridized carbons (Fsp3) is 0.213. The maximum atomic E-state index is 6.76. The molecule has 0 unspecified atom stereocenters. The highest BCUT2D eigenvalue weighted by molar-refractivity contribution is 7.00. The summed E-state index contributed by atoms with van der Waals surface area (Å²) in [4.78, 5) is 11.1. The molecular weight excluding hydrogens is 649 g/mol. The Hall–Kier alpha value is -5.75. The second-order valence-corrected chi connectivity index (χ2v) is 16.7. The van der Waals surface area contributed by atoms with Crippen molar-refractivity contribution in [3.8, 4) is 23.0 Å². The summed E-state index contributed by atoms with van der Waals surface area (Å²) in [6, 6.07) is 41.9. The van der Waals surface area contributed by atoms with Crippen LogP contribution in [0.3, 0.4) is 0 Å². The first-order valence-electron chi connectivity index (χ1n) is 19.6. The molecule has 0 saturated heterocycles. The van der Waals surface area contributed by atoms with Crippen LogP contribution in [0.5, 0.6) is 23.0 Å². The van der Waals surface area contributed by atoms with E-state index in [1.54, 1.807) is 0 Å². The summed E-state index contributed by atoms with van der Waals surface area (Å²) in [5.41, 5.74) is 13.0. The molecule has 4 bridgehead atoms. The zero-order valence-corrected chi connectivity index (χ0v) is 29.1. The molecule has 6 heteroatoms. The fourth-order valence-corrected chi connectivity index (χ4v) is 12.5. The van der Waals surface area contributed by atoms with Gasteiger partial charge in [0.25, 0.3) is 6.71 Å². The van der Waals surface area contributed by atoms with Crippen molar-refractivity contribution in [1.82, 2.24) is 4.98 Å². The van der Waals surface area contributed by atoms with Gasteiger partial charge in [-0.2, -0.15) is 0 Å². The van der Waals surface area contributed by atoms with Crippen molar-refractivity contribution in [2.75, 3.05) is 9.80 Å². The lowest BCUT2D eigenvalue weighted by atomic mass is 9.33. The molecule has 53 heavy (non-hydrogen) atoms. The predicted molar refractivity (Wildman–Crippen MR) is 213 cm³/mol. The first kappa shape index (κ1) is 27.8. The Kier molecular flexibility index (Phi) is 5.05. The lowest BCUT2D eigenvalue weighted by Crippen LogP contribution is -2.62. The molecule has 6 aromatic carbocycles. The monoisotopic (exact) mass is 683 g/mol. The van der Waals surface area contributed by atoms with E-state index in [4.69, 9.17) is 14.5 Å². The molecule has 5 heterocycles. The van der Waals surface area contributed by atoms with Gasteiger partial charge in [-0.25, -0.2) is 4.98 Å². The highest BCUT2D eigenvalue weighted by Crippen LogP contribution is 2.62. The summed E-state index contributed by atoms with van der Waals surface area (Å²) < 4.78 is 13.5. The van der Waals surface area contributed by atoms with Gasteiger partial charge in [-0.15, -0.1) is 0 Å². The highest BCUT2D eigenvalue weighted by Gasteiger charge is 2.51. The van der Waals surface area contributed by atoms with Gasteiger partial charge < -0.3 is 19.3 Å². The Morgan fingerprint density at radius 1 is 0.509 bits per heavy atom. The van der Waals surface area contributed by atoms with Gasteiger partial charge in [0.05, 0.1) is 39.6 Å². The minimum atomic E-state index is -0.0255. The van der Waals surface area contributed by atoms with E-state index in [9.17, 15) is 0 Å². The average Bonchev–Trinajstić information content (AvgIpc) is 3.19. The van der Waals surface area contributed by atoms with Gasteiger partial charge >= 0.3 is 0 Å². The maximum Gasteiger partial charge on any atom is 0.252 e. The first-order chi connectivity index (χ1) is 26.3. The van der Waals surface area contributed by atoms with Crippen LogP contribution in [-0.2, 0) is 0 Å². The number of ether oxygens (including phenoxy) is 2. The molecular formula is C47H34BN3O2. The Morgan fingerprint density at radius 3 is 1.75 bits per heavy atom. The fourth-order valence-electron chi connectivity index (χ4n) is 12.5. The van der Waals surface area contributed by atoms with E-state index in [2.05, 4.69) is 125 Å². The van der Waals surface area contributed by atoms with E-state index in [0.29, 0.717) is 5.92 Å². The van der Waals surface area contributed by atoms with Crippen LogP contribution in [0.15, 0.2) is 115 Å². The minimum Gasteiger partial charge on any atom is -0.453 e. The van der Waals surface area contributed by atoms with Crippen molar-refractivity contribution in [1.29, 1.82) is 0 Å². The van der Waals surface area contributed by atoms with Crippen LogP contribution < -0.4 is 35.7 Å². The standard InChI is InChI=1S/C47H34BN3O2/c1-2-10-30-29(9-1)31-24-36-42-47(44(31)49-43(30)41-27-20-25-19-26(22-27)23-28(41)21-25)51-35-14-4-6-16-38(35)53-40-18-8-12-33(46(40)51)48(42)32-11-7-17-39-45(32)50(36)34-13-3-5-15-37(34)52-39/h1-18,24-28,41H,19-23H2. The Bertz CT molecular complexity index is 2770. The van der Waals surface area contributed by atoms with Gasteiger partial charge in [-0.3, -0.25) is 0 Å². The lowest BCUT2D eigenvalue weighted by Gasteiger charge is -2.54. The van der Waals surface area contributed by atoms with Crippen LogP contribution in [0.25, 0.3) is 21.7 Å². The second kappa shape index (κ2) is 9.62. The van der Waals surface area contributed by atoms with Crippen LogP contribution in [0.2, 0.25) is 0 Å². The lowest BCUT2D eigenvalue weighted by molar-refractivity contribution is -0.00354. The highest BCUT2D eigenvalue weighted by atomic mass is 16.5. The van der Waals surface area contributed by atoms with Crippen LogP contribution in [0.4, 0.5) is 34.1 Å². The van der Waals surface area contributed by atoms with Crippen molar-refractivity contribution in [2.45, 2.75) is 38.0 Å². The SMILES string of the molecule is c1ccc2c(c1)Oc1cccc3c1N2c1cc2c(nc(C4C5CC6CC(C5)CC4C6)c4ccccc42)c2c1B3c1cccc3c1N2c1ccccc1O3. The molecule has 0 N–H and O–H groups in total. The van der Waals surface area contributed by atoms with E-state index in [1.165, 1.54) is 81.7 Å². The third kappa shape index (κ3) is 3.40. The number of aromatic nitrogens is 1. The van der Waals surface area contributed by atoms with Gasteiger partial charge in [0.2, 0.25) is 0 Å². The summed E-state index contributed by atoms with van der Waals surface area (Å²) >= 11 is 0. The van der Waals surface area contributed by atoms with E-state index in [0.717, 1.165) is 74.9 Å². The van der Waals surface area contributed by atoms with E-state index in [-0.39, 0.29) is 6.71 Å². The van der Waals surface area contributed by atoms with E-state index < -0.39 is 0 Å². The Morgan fingerprint density at radius 2 is 1.08 bits per heavy atom. The van der Waals surface area contributed by atoms with Gasteiger partial charge in [0, 0.05) is 22.4 Å². The molecule has 0 atom stereocenters. The molecule has 0 radical (unpaired) electrons. The van der Waals surface area contributed by atoms with Crippen LogP contribution >= 0.6 is 0 Å². The summed E-state index contributed by atoms with van der Waals surface area (Å²) in [6.45, 7) is -0.0255. The molecule has 4 saturated carbocycles. The third-order valence-electron chi connectivity index (χ3n) is 14.1. The summed E-state index contributed by atoms with van der Waals surface area (Å²) in [5.74, 6) is 7.32. The Labute approximate surface area is 307 Å². The zero-order chi connectivity index (χ0) is 34.1. The predicted octanol–water partition coefficient (Wildman–Crippen LogP) is 10.2. The largest absolute Gasteiger partial charge is 0.453 e. The number of benzene rings is 6. The molecule has 0 amide bonds. The van der Waals surface area contributed by atoms with E-state index >= 15 is 0 Å². The number of para-hydroxylation sites is 6. The van der Waals surface area contributed by atoms with Gasteiger partial charge in [-0.1, -0.05) is 72.8 Å². The third-order valence-corrected chi connectivity index (χ3v) is 14.1. The maximum absolute atomic E-state index is 6.76. The minimum absolute atomic E-state index is 0.0255. The summed E-state index contributed by atoms with van der Waals surface area (Å²) in [5, 5.41) is 3.84. The quantitative estimate of drug-likeness (QED) is 0.127. The molecule has 4 aliphatic heterocycles. The van der Waals surface area contributed by atoms with Crippen molar-refractivity contribution in [3.05, 3.63) is 121 Å². The molecule has 8 aliphatic rings. The van der Waals surface area contributed by atoms with Gasteiger partial charge in [-0.05, 0) is 120 Å². The van der Waals surface area contributed by atoms with E-state index in [1.807, 2.05) is 0 Å². The first-order valence-corrected chi connectivity index (χ1v) is 19.6.